The van der Waals surface area contributed by atoms with E-state index in [1.165, 1.54) is 23.0 Å². The predicted molar refractivity (Wildman–Crippen MR) is 72.5 cm³/mol. The maximum absolute atomic E-state index is 8.83. The van der Waals surface area contributed by atoms with Gasteiger partial charge in [-0.3, -0.25) is 0 Å². The van der Waals surface area contributed by atoms with Crippen molar-refractivity contribution in [3.8, 4) is 11.5 Å². The second-order valence-corrected chi connectivity index (χ2v) is 3.78. The summed E-state index contributed by atoms with van der Waals surface area (Å²) in [4.78, 5) is 3.12. The standard InChI is InChI=1S/C8H7N.C6H7NO2/c1-2-4-8-7(3-1)5-6-9-8;7-4-2-1-3-5(8)6(4)9/h1-6,9H;1-3,8-9H,7H2. The Morgan fingerprint density at radius 1 is 0.889 bits per heavy atom. The zero-order chi connectivity index (χ0) is 13.0. The van der Waals surface area contributed by atoms with E-state index >= 15 is 0 Å². The van der Waals surface area contributed by atoms with Gasteiger partial charge in [0.2, 0.25) is 0 Å². The molecule has 2 aromatic carbocycles. The van der Waals surface area contributed by atoms with E-state index < -0.39 is 0 Å². The summed E-state index contributed by atoms with van der Waals surface area (Å²) in [5.41, 5.74) is 6.61. The molecule has 4 nitrogen and oxygen atoms in total. The molecule has 0 unspecified atom stereocenters. The van der Waals surface area contributed by atoms with Crippen LogP contribution in [0.4, 0.5) is 5.69 Å². The van der Waals surface area contributed by atoms with Gasteiger partial charge in [0.15, 0.2) is 11.5 Å². The Morgan fingerprint density at radius 2 is 1.67 bits per heavy atom. The van der Waals surface area contributed by atoms with Crippen LogP contribution >= 0.6 is 0 Å². The van der Waals surface area contributed by atoms with Crippen molar-refractivity contribution in [2.24, 2.45) is 0 Å². The number of nitrogen functional groups attached to an aromatic ring is 1. The molecule has 0 aliphatic rings. The molecule has 0 saturated carbocycles. The third-order valence-corrected chi connectivity index (χ3v) is 2.51. The SMILES string of the molecule is Nc1cccc(O)c1O.c1ccc2[nH]ccc2c1. The maximum atomic E-state index is 8.83. The molecule has 92 valence electrons. The summed E-state index contributed by atoms with van der Waals surface area (Å²) >= 11 is 0. The minimum Gasteiger partial charge on any atom is -0.504 e. The number of aromatic nitrogens is 1. The number of nitrogens with two attached hydrogens (primary N) is 1. The summed E-state index contributed by atoms with van der Waals surface area (Å²) in [6.07, 6.45) is 1.95. The Bertz CT molecular complexity index is 597. The Kier molecular flexibility index (Phi) is 3.38. The van der Waals surface area contributed by atoms with Gasteiger partial charge in [0.05, 0.1) is 5.69 Å². The largest absolute Gasteiger partial charge is 0.504 e. The number of para-hydroxylation sites is 2. The number of aromatic hydroxyl groups is 2. The van der Waals surface area contributed by atoms with E-state index in [2.05, 4.69) is 23.2 Å². The smallest absolute Gasteiger partial charge is 0.180 e. The van der Waals surface area contributed by atoms with Gasteiger partial charge in [-0.15, -0.1) is 0 Å². The quantitative estimate of drug-likeness (QED) is 0.361. The lowest BCUT2D eigenvalue weighted by Crippen LogP contribution is -1.83. The van der Waals surface area contributed by atoms with E-state index in [0.29, 0.717) is 0 Å². The molecule has 0 fully saturated rings. The first-order chi connectivity index (χ1) is 8.68. The fraction of sp³-hybridized carbons (Fsp3) is 0. The van der Waals surface area contributed by atoms with Crippen molar-refractivity contribution in [1.82, 2.24) is 4.98 Å². The van der Waals surface area contributed by atoms with Gasteiger partial charge in [-0.2, -0.15) is 0 Å². The van der Waals surface area contributed by atoms with Crippen LogP contribution in [0.1, 0.15) is 0 Å². The Balaban J connectivity index is 0.000000134. The monoisotopic (exact) mass is 242 g/mol. The molecule has 0 aliphatic heterocycles. The van der Waals surface area contributed by atoms with Gasteiger partial charge in [0, 0.05) is 11.7 Å². The molecule has 1 heterocycles. The fourth-order valence-electron chi connectivity index (χ4n) is 1.54. The van der Waals surface area contributed by atoms with Crippen molar-refractivity contribution < 1.29 is 10.2 Å². The van der Waals surface area contributed by atoms with Crippen LogP contribution in [0, 0.1) is 0 Å². The molecule has 0 radical (unpaired) electrons. The van der Waals surface area contributed by atoms with Crippen molar-refractivity contribution in [1.29, 1.82) is 0 Å². The number of anilines is 1. The van der Waals surface area contributed by atoms with Gasteiger partial charge in [-0.1, -0.05) is 24.3 Å². The van der Waals surface area contributed by atoms with E-state index in [1.54, 1.807) is 6.07 Å². The first-order valence-corrected chi connectivity index (χ1v) is 5.47. The number of phenols is 2. The second-order valence-electron chi connectivity index (χ2n) is 3.78. The first kappa shape index (κ1) is 11.9. The molecule has 1 aromatic heterocycles. The van der Waals surface area contributed by atoms with Crippen LogP contribution in [-0.2, 0) is 0 Å². The normalized spacial score (nSPS) is 9.78. The molecular formula is C14H14N2O2. The van der Waals surface area contributed by atoms with E-state index in [9.17, 15) is 0 Å². The molecule has 0 bridgehead atoms. The van der Waals surface area contributed by atoms with Gasteiger partial charge in [0.1, 0.15) is 0 Å². The summed E-state index contributed by atoms with van der Waals surface area (Å²) in [7, 11) is 0. The number of H-pyrrole nitrogens is 1. The number of phenolic OH excluding ortho intramolecular Hbond substituents is 2. The van der Waals surface area contributed by atoms with Crippen molar-refractivity contribution >= 4 is 16.6 Å². The minimum absolute atomic E-state index is 0.185. The summed E-state index contributed by atoms with van der Waals surface area (Å²) in [6, 6.07) is 14.7. The van der Waals surface area contributed by atoms with Crippen LogP contribution in [0.5, 0.6) is 11.5 Å². The van der Waals surface area contributed by atoms with E-state index in [0.717, 1.165) is 0 Å². The van der Waals surface area contributed by atoms with Gasteiger partial charge in [-0.05, 0) is 29.7 Å². The molecule has 0 amide bonds. The topological polar surface area (TPSA) is 82.3 Å². The van der Waals surface area contributed by atoms with Crippen LogP contribution in [-0.4, -0.2) is 15.2 Å². The average Bonchev–Trinajstić information content (AvgIpc) is 2.85. The highest BCUT2D eigenvalue weighted by Crippen LogP contribution is 2.29. The Morgan fingerprint density at radius 3 is 2.33 bits per heavy atom. The average molecular weight is 242 g/mol. The lowest BCUT2D eigenvalue weighted by molar-refractivity contribution is 0.405. The molecule has 4 heteroatoms. The fourth-order valence-corrected chi connectivity index (χ4v) is 1.54. The highest BCUT2D eigenvalue weighted by atomic mass is 16.3. The molecule has 5 N–H and O–H groups in total. The molecule has 3 aromatic rings. The molecule has 18 heavy (non-hydrogen) atoms. The summed E-state index contributed by atoms with van der Waals surface area (Å²) in [5.74, 6) is -0.437. The number of nitrogens with one attached hydrogen (secondary N) is 1. The van der Waals surface area contributed by atoms with Gasteiger partial charge in [-0.25, -0.2) is 0 Å². The number of aromatic amines is 1. The van der Waals surface area contributed by atoms with Crippen LogP contribution in [0.15, 0.2) is 54.7 Å². The summed E-state index contributed by atoms with van der Waals surface area (Å²) in [5, 5.41) is 18.9. The molecule has 0 aliphatic carbocycles. The highest BCUT2D eigenvalue weighted by Gasteiger charge is 1.98. The third-order valence-electron chi connectivity index (χ3n) is 2.51. The van der Waals surface area contributed by atoms with Gasteiger partial charge < -0.3 is 20.9 Å². The lowest BCUT2D eigenvalue weighted by Gasteiger charge is -1.97. The lowest BCUT2D eigenvalue weighted by atomic mass is 10.3. The Labute approximate surface area is 104 Å². The van der Waals surface area contributed by atoms with E-state index in [1.807, 2.05) is 18.3 Å². The molecule has 0 spiro atoms. The van der Waals surface area contributed by atoms with Crippen molar-refractivity contribution in [3.63, 3.8) is 0 Å². The van der Waals surface area contributed by atoms with Crippen LogP contribution in [0.2, 0.25) is 0 Å². The van der Waals surface area contributed by atoms with Crippen molar-refractivity contribution in [2.45, 2.75) is 0 Å². The maximum Gasteiger partial charge on any atom is 0.180 e. The van der Waals surface area contributed by atoms with Crippen LogP contribution < -0.4 is 5.73 Å². The van der Waals surface area contributed by atoms with E-state index in [-0.39, 0.29) is 17.2 Å². The zero-order valence-electron chi connectivity index (χ0n) is 9.67. The highest BCUT2D eigenvalue weighted by molar-refractivity contribution is 5.78. The summed E-state index contributed by atoms with van der Waals surface area (Å²) in [6.45, 7) is 0. The van der Waals surface area contributed by atoms with E-state index in [4.69, 9.17) is 15.9 Å². The van der Waals surface area contributed by atoms with Gasteiger partial charge in [0.25, 0.3) is 0 Å². The van der Waals surface area contributed by atoms with Crippen LogP contribution in [0.3, 0.4) is 0 Å². The second kappa shape index (κ2) is 5.14. The van der Waals surface area contributed by atoms with Crippen molar-refractivity contribution in [2.75, 3.05) is 5.73 Å². The minimum atomic E-state index is -0.252. The first-order valence-electron chi connectivity index (χ1n) is 5.47. The Hall–Kier alpha value is -2.62. The third kappa shape index (κ3) is 2.55. The number of hydrogen-bond donors (Lipinski definition) is 4. The number of fused-ring (bicyclic) bond motifs is 1. The van der Waals surface area contributed by atoms with Gasteiger partial charge >= 0.3 is 0 Å². The number of hydrogen-bond acceptors (Lipinski definition) is 3. The number of benzene rings is 2. The number of rotatable bonds is 0. The predicted octanol–water partition coefficient (Wildman–Crippen LogP) is 2.85. The zero-order valence-corrected chi connectivity index (χ0v) is 9.67. The molecule has 0 atom stereocenters. The van der Waals surface area contributed by atoms with Crippen LogP contribution in [0.25, 0.3) is 10.9 Å². The van der Waals surface area contributed by atoms with Crippen molar-refractivity contribution in [3.05, 3.63) is 54.7 Å². The summed E-state index contributed by atoms with van der Waals surface area (Å²) < 4.78 is 0. The molecule has 3 rings (SSSR count). The molecule has 0 saturated heterocycles. The molecular weight excluding hydrogens is 228 g/mol.